The van der Waals surface area contributed by atoms with Crippen LogP contribution in [0.1, 0.15) is 11.3 Å². The average Bonchev–Trinajstić information content (AvgIpc) is 3.04. The van der Waals surface area contributed by atoms with Gasteiger partial charge < -0.3 is 9.52 Å². The lowest BCUT2D eigenvalue weighted by atomic mass is 10.1. The molecule has 1 aliphatic rings. The number of imide groups is 1. The summed E-state index contributed by atoms with van der Waals surface area (Å²) in [6.07, 6.45) is 1.46. The molecule has 5 heteroatoms. The van der Waals surface area contributed by atoms with E-state index in [1.807, 2.05) is 0 Å². The summed E-state index contributed by atoms with van der Waals surface area (Å²) in [5.41, 5.74) is 0.549. The van der Waals surface area contributed by atoms with E-state index in [0.717, 1.165) is 4.90 Å². The SMILES string of the molecule is O=C1C(O)=C(c2ccccc2)C(=O)N1Cc1ccco1. The van der Waals surface area contributed by atoms with Crippen LogP contribution in [-0.2, 0) is 16.1 Å². The van der Waals surface area contributed by atoms with E-state index >= 15 is 0 Å². The first-order valence-electron chi connectivity index (χ1n) is 6.05. The van der Waals surface area contributed by atoms with Crippen molar-refractivity contribution in [2.24, 2.45) is 0 Å². The molecule has 20 heavy (non-hydrogen) atoms. The van der Waals surface area contributed by atoms with Gasteiger partial charge in [0.1, 0.15) is 5.76 Å². The molecule has 100 valence electrons. The van der Waals surface area contributed by atoms with Gasteiger partial charge in [0, 0.05) is 0 Å². The van der Waals surface area contributed by atoms with Crippen LogP contribution in [0.3, 0.4) is 0 Å². The largest absolute Gasteiger partial charge is 0.502 e. The van der Waals surface area contributed by atoms with Crippen molar-refractivity contribution in [3.05, 3.63) is 65.8 Å². The summed E-state index contributed by atoms with van der Waals surface area (Å²) in [7, 11) is 0. The van der Waals surface area contributed by atoms with Gasteiger partial charge in [-0.3, -0.25) is 14.5 Å². The Morgan fingerprint density at radius 3 is 2.40 bits per heavy atom. The molecule has 1 N–H and O–H groups in total. The van der Waals surface area contributed by atoms with Crippen molar-refractivity contribution in [1.82, 2.24) is 4.90 Å². The third-order valence-corrected chi connectivity index (χ3v) is 3.10. The molecule has 2 heterocycles. The van der Waals surface area contributed by atoms with E-state index in [9.17, 15) is 14.7 Å². The molecule has 0 saturated heterocycles. The van der Waals surface area contributed by atoms with Gasteiger partial charge in [-0.2, -0.15) is 0 Å². The second-order valence-corrected chi connectivity index (χ2v) is 4.37. The lowest BCUT2D eigenvalue weighted by Crippen LogP contribution is -2.30. The second-order valence-electron chi connectivity index (χ2n) is 4.37. The highest BCUT2D eigenvalue weighted by atomic mass is 16.3. The molecule has 2 amide bonds. The minimum absolute atomic E-state index is 0.00502. The van der Waals surface area contributed by atoms with Crippen LogP contribution >= 0.6 is 0 Å². The van der Waals surface area contributed by atoms with Crippen LogP contribution in [0.5, 0.6) is 0 Å². The lowest BCUT2D eigenvalue weighted by Gasteiger charge is -2.12. The van der Waals surface area contributed by atoms with Gasteiger partial charge >= 0.3 is 0 Å². The topological polar surface area (TPSA) is 70.8 Å². The molecule has 0 fully saturated rings. The Morgan fingerprint density at radius 1 is 1.00 bits per heavy atom. The first-order chi connectivity index (χ1) is 9.68. The van der Waals surface area contributed by atoms with Gasteiger partial charge in [-0.15, -0.1) is 0 Å². The molecule has 0 unspecified atom stereocenters. The molecule has 2 aromatic rings. The number of aliphatic hydroxyl groups excluding tert-OH is 1. The Bertz CT molecular complexity index is 686. The summed E-state index contributed by atoms with van der Waals surface area (Å²) in [6.45, 7) is 0.00502. The summed E-state index contributed by atoms with van der Waals surface area (Å²) < 4.78 is 5.12. The van der Waals surface area contributed by atoms with Gasteiger partial charge in [-0.25, -0.2) is 0 Å². The van der Waals surface area contributed by atoms with E-state index in [1.165, 1.54) is 6.26 Å². The maximum absolute atomic E-state index is 12.3. The molecule has 3 rings (SSSR count). The summed E-state index contributed by atoms with van der Waals surface area (Å²) >= 11 is 0. The minimum atomic E-state index is -0.703. The number of furan rings is 1. The number of carbonyl (C=O) groups is 2. The van der Waals surface area contributed by atoms with E-state index < -0.39 is 17.6 Å². The molecular formula is C15H11NO4. The van der Waals surface area contributed by atoms with Crippen molar-refractivity contribution in [3.8, 4) is 0 Å². The molecule has 0 atom stereocenters. The predicted octanol–water partition coefficient (Wildman–Crippen LogP) is 2.12. The van der Waals surface area contributed by atoms with Crippen LogP contribution < -0.4 is 0 Å². The maximum Gasteiger partial charge on any atom is 0.296 e. The normalized spacial score (nSPS) is 15.3. The van der Waals surface area contributed by atoms with Crippen molar-refractivity contribution < 1.29 is 19.1 Å². The highest BCUT2D eigenvalue weighted by Gasteiger charge is 2.39. The predicted molar refractivity (Wildman–Crippen MR) is 70.3 cm³/mol. The average molecular weight is 269 g/mol. The highest BCUT2D eigenvalue weighted by Crippen LogP contribution is 2.28. The standard InChI is InChI=1S/C15H11NO4/c17-13-12(10-5-2-1-3-6-10)14(18)16(15(13)19)9-11-7-4-8-20-11/h1-8,17H,9H2. The fourth-order valence-corrected chi connectivity index (χ4v) is 2.13. The van der Waals surface area contributed by atoms with E-state index in [1.54, 1.807) is 42.5 Å². The van der Waals surface area contributed by atoms with Gasteiger partial charge in [-0.05, 0) is 17.7 Å². The van der Waals surface area contributed by atoms with Gasteiger partial charge in [0.2, 0.25) is 0 Å². The molecule has 0 saturated carbocycles. The number of benzene rings is 1. The molecule has 1 aliphatic heterocycles. The fourth-order valence-electron chi connectivity index (χ4n) is 2.13. The summed E-state index contributed by atoms with van der Waals surface area (Å²) in [5, 5.41) is 9.92. The molecule has 0 bridgehead atoms. The van der Waals surface area contributed by atoms with Crippen molar-refractivity contribution >= 4 is 17.4 Å². The number of aliphatic hydroxyl groups is 1. The van der Waals surface area contributed by atoms with E-state index in [0.29, 0.717) is 11.3 Å². The Balaban J connectivity index is 1.94. The van der Waals surface area contributed by atoms with Crippen molar-refractivity contribution in [2.45, 2.75) is 6.54 Å². The quantitative estimate of drug-likeness (QED) is 0.866. The van der Waals surface area contributed by atoms with Crippen LogP contribution in [0, 0.1) is 0 Å². The van der Waals surface area contributed by atoms with Crippen molar-refractivity contribution in [1.29, 1.82) is 0 Å². The van der Waals surface area contributed by atoms with E-state index in [2.05, 4.69) is 0 Å². The van der Waals surface area contributed by atoms with E-state index in [-0.39, 0.29) is 12.1 Å². The van der Waals surface area contributed by atoms with Crippen LogP contribution in [0.4, 0.5) is 0 Å². The number of hydrogen-bond acceptors (Lipinski definition) is 4. The summed E-state index contributed by atoms with van der Waals surface area (Å²) in [4.78, 5) is 25.2. The van der Waals surface area contributed by atoms with E-state index in [4.69, 9.17) is 4.42 Å². The first-order valence-corrected chi connectivity index (χ1v) is 6.05. The number of carbonyl (C=O) groups excluding carboxylic acids is 2. The summed E-state index contributed by atoms with van der Waals surface area (Å²) in [6, 6.07) is 12.0. The smallest absolute Gasteiger partial charge is 0.296 e. The molecule has 1 aromatic heterocycles. The molecule has 0 spiro atoms. The monoisotopic (exact) mass is 269 g/mol. The highest BCUT2D eigenvalue weighted by molar-refractivity contribution is 6.34. The number of rotatable bonds is 3. The fraction of sp³-hybridized carbons (Fsp3) is 0.0667. The zero-order chi connectivity index (χ0) is 14.1. The third-order valence-electron chi connectivity index (χ3n) is 3.10. The molecule has 0 aliphatic carbocycles. The van der Waals surface area contributed by atoms with Crippen LogP contribution in [-0.4, -0.2) is 21.8 Å². The Morgan fingerprint density at radius 2 is 1.75 bits per heavy atom. The first kappa shape index (κ1) is 12.2. The van der Waals surface area contributed by atoms with Gasteiger partial charge in [0.25, 0.3) is 11.8 Å². The molecular weight excluding hydrogens is 258 g/mol. The molecule has 5 nitrogen and oxygen atoms in total. The Hall–Kier alpha value is -2.82. The Kier molecular flexibility index (Phi) is 2.87. The zero-order valence-electron chi connectivity index (χ0n) is 10.4. The second kappa shape index (κ2) is 4.70. The zero-order valence-corrected chi connectivity index (χ0v) is 10.4. The van der Waals surface area contributed by atoms with Crippen LogP contribution in [0.25, 0.3) is 5.57 Å². The van der Waals surface area contributed by atoms with Gasteiger partial charge in [-0.1, -0.05) is 30.3 Å². The number of nitrogens with zero attached hydrogens (tertiary/aromatic N) is 1. The number of amides is 2. The molecule has 0 radical (unpaired) electrons. The van der Waals surface area contributed by atoms with Gasteiger partial charge in [0.15, 0.2) is 5.76 Å². The van der Waals surface area contributed by atoms with Gasteiger partial charge in [0.05, 0.1) is 18.4 Å². The summed E-state index contributed by atoms with van der Waals surface area (Å²) in [5.74, 6) is -1.26. The minimum Gasteiger partial charge on any atom is -0.502 e. The number of hydrogen-bond donors (Lipinski definition) is 1. The maximum atomic E-state index is 12.3. The Labute approximate surface area is 114 Å². The van der Waals surface area contributed by atoms with Crippen LogP contribution in [0.15, 0.2) is 58.9 Å². The van der Waals surface area contributed by atoms with Crippen molar-refractivity contribution in [2.75, 3.05) is 0 Å². The third kappa shape index (κ3) is 1.89. The molecule has 1 aromatic carbocycles. The van der Waals surface area contributed by atoms with Crippen molar-refractivity contribution in [3.63, 3.8) is 0 Å². The lowest BCUT2D eigenvalue weighted by molar-refractivity contribution is -0.139. The van der Waals surface area contributed by atoms with Crippen LogP contribution in [0.2, 0.25) is 0 Å².